The minimum Gasteiger partial charge on any atom is -0.508 e. The van der Waals surface area contributed by atoms with Crippen LogP contribution >= 0.6 is 0 Å². The monoisotopic (exact) mass is 319 g/mol. The van der Waals surface area contributed by atoms with Crippen molar-refractivity contribution >= 4 is 5.91 Å². The molecular formula is C19H31N2O2+. The van der Waals surface area contributed by atoms with Gasteiger partial charge in [0.2, 0.25) is 0 Å². The van der Waals surface area contributed by atoms with Crippen molar-refractivity contribution in [2.75, 3.05) is 19.6 Å². The number of hydrogen-bond donors (Lipinski definition) is 3. The molecule has 1 aliphatic carbocycles. The van der Waals surface area contributed by atoms with E-state index in [9.17, 15) is 9.90 Å². The number of carbonyl (C=O) groups is 1. The molecule has 0 radical (unpaired) electrons. The number of phenols is 1. The Labute approximate surface area is 139 Å². The van der Waals surface area contributed by atoms with Gasteiger partial charge < -0.3 is 15.3 Å². The van der Waals surface area contributed by atoms with Gasteiger partial charge in [-0.25, -0.2) is 0 Å². The summed E-state index contributed by atoms with van der Waals surface area (Å²) < 4.78 is 0. The third kappa shape index (κ3) is 5.24. The molecule has 1 fully saturated rings. The van der Waals surface area contributed by atoms with Crippen molar-refractivity contribution in [1.29, 1.82) is 0 Å². The Morgan fingerprint density at radius 1 is 1.13 bits per heavy atom. The van der Waals surface area contributed by atoms with Gasteiger partial charge in [0.05, 0.1) is 13.1 Å². The Balaban J connectivity index is 2.05. The van der Waals surface area contributed by atoms with E-state index in [2.05, 4.69) is 19.2 Å². The average molecular weight is 319 g/mol. The molecular weight excluding hydrogens is 288 g/mol. The van der Waals surface area contributed by atoms with Crippen molar-refractivity contribution in [2.24, 2.45) is 0 Å². The lowest BCUT2D eigenvalue weighted by Gasteiger charge is -2.38. The van der Waals surface area contributed by atoms with Crippen LogP contribution in [-0.2, 0) is 11.2 Å². The van der Waals surface area contributed by atoms with Crippen LogP contribution in [0.5, 0.6) is 5.75 Å². The van der Waals surface area contributed by atoms with E-state index in [1.807, 2.05) is 12.1 Å². The van der Waals surface area contributed by atoms with Crippen LogP contribution in [0.3, 0.4) is 0 Å². The molecule has 0 unspecified atom stereocenters. The topological polar surface area (TPSA) is 53.8 Å². The van der Waals surface area contributed by atoms with Gasteiger partial charge in [0.15, 0.2) is 6.54 Å². The number of phenolic OH excluding ortho intramolecular Hbond substituents is 1. The van der Waals surface area contributed by atoms with Crippen molar-refractivity contribution in [3.05, 3.63) is 29.8 Å². The number of quaternary nitrogens is 1. The van der Waals surface area contributed by atoms with E-state index in [4.69, 9.17) is 0 Å². The number of amides is 1. The van der Waals surface area contributed by atoms with Crippen molar-refractivity contribution < 1.29 is 14.8 Å². The summed E-state index contributed by atoms with van der Waals surface area (Å²) in [6.45, 7) is 6.77. The summed E-state index contributed by atoms with van der Waals surface area (Å²) in [6, 6.07) is 7.39. The summed E-state index contributed by atoms with van der Waals surface area (Å²) in [4.78, 5) is 13.8. The molecule has 3 N–H and O–H groups in total. The van der Waals surface area contributed by atoms with E-state index in [0.29, 0.717) is 12.3 Å². The maximum Gasteiger partial charge on any atom is 0.275 e. The summed E-state index contributed by atoms with van der Waals surface area (Å²) in [5.74, 6) is 0.463. The zero-order valence-electron chi connectivity index (χ0n) is 14.5. The first kappa shape index (κ1) is 17.8. The molecule has 1 aromatic carbocycles. The second-order valence-corrected chi connectivity index (χ2v) is 6.87. The summed E-state index contributed by atoms with van der Waals surface area (Å²) in [6.07, 6.45) is 6.56. The molecule has 0 heterocycles. The highest BCUT2D eigenvalue weighted by molar-refractivity contribution is 5.77. The lowest BCUT2D eigenvalue weighted by Crippen LogP contribution is -3.12. The average Bonchev–Trinajstić information content (AvgIpc) is 2.55. The molecule has 0 aliphatic heterocycles. The molecule has 1 amide bonds. The smallest absolute Gasteiger partial charge is 0.275 e. The predicted molar refractivity (Wildman–Crippen MR) is 92.7 cm³/mol. The van der Waals surface area contributed by atoms with Crippen LogP contribution in [0.15, 0.2) is 24.3 Å². The highest BCUT2D eigenvalue weighted by atomic mass is 16.3. The molecule has 2 rings (SSSR count). The summed E-state index contributed by atoms with van der Waals surface area (Å²) in [7, 11) is 0. The fourth-order valence-corrected chi connectivity index (χ4v) is 3.65. The molecule has 1 aromatic rings. The molecule has 128 valence electrons. The Bertz CT molecular complexity index is 489. The van der Waals surface area contributed by atoms with Crippen molar-refractivity contribution in [3.8, 4) is 5.75 Å². The van der Waals surface area contributed by atoms with E-state index in [0.717, 1.165) is 32.4 Å². The van der Waals surface area contributed by atoms with Crippen LogP contribution in [0.25, 0.3) is 0 Å². The van der Waals surface area contributed by atoms with Gasteiger partial charge in [0.25, 0.3) is 5.91 Å². The minimum atomic E-state index is -0.112. The maximum absolute atomic E-state index is 12.5. The van der Waals surface area contributed by atoms with Crippen molar-refractivity contribution in [3.63, 3.8) is 0 Å². The quantitative estimate of drug-likeness (QED) is 0.716. The van der Waals surface area contributed by atoms with E-state index >= 15 is 0 Å². The van der Waals surface area contributed by atoms with E-state index < -0.39 is 0 Å². The summed E-state index contributed by atoms with van der Waals surface area (Å²) >= 11 is 0. The first-order valence-electron chi connectivity index (χ1n) is 8.99. The standard InChI is InChI=1S/C19H30N2O2/c1-3-21(4-2)15-18(23)20-19(12-6-5-7-13-19)14-16-8-10-17(22)11-9-16/h8-11,22H,3-7,12-15H2,1-2H3,(H,20,23)/p+1. The Kier molecular flexibility index (Phi) is 6.46. The summed E-state index contributed by atoms with van der Waals surface area (Å²) in [5, 5.41) is 12.8. The van der Waals surface area contributed by atoms with Crippen LogP contribution in [0.1, 0.15) is 51.5 Å². The molecule has 0 atom stereocenters. The molecule has 1 aliphatic rings. The third-order valence-electron chi connectivity index (χ3n) is 5.10. The van der Waals surface area contributed by atoms with Gasteiger partial charge in [-0.3, -0.25) is 4.79 Å². The highest BCUT2D eigenvalue weighted by Crippen LogP contribution is 2.31. The normalized spacial score (nSPS) is 17.2. The number of carbonyl (C=O) groups excluding carboxylic acids is 1. The van der Waals surface area contributed by atoms with E-state index in [1.54, 1.807) is 12.1 Å². The van der Waals surface area contributed by atoms with E-state index in [1.165, 1.54) is 29.7 Å². The Morgan fingerprint density at radius 3 is 2.30 bits per heavy atom. The van der Waals surface area contributed by atoms with Crippen LogP contribution in [0.2, 0.25) is 0 Å². The summed E-state index contributed by atoms with van der Waals surface area (Å²) in [5.41, 5.74) is 1.07. The minimum absolute atomic E-state index is 0.112. The van der Waals surface area contributed by atoms with Crippen LogP contribution in [0.4, 0.5) is 0 Å². The molecule has 0 saturated heterocycles. The SMILES string of the molecule is CC[NH+](CC)CC(=O)NC1(Cc2ccc(O)cc2)CCCCC1. The fraction of sp³-hybridized carbons (Fsp3) is 0.632. The van der Waals surface area contributed by atoms with Gasteiger partial charge >= 0.3 is 0 Å². The molecule has 1 saturated carbocycles. The third-order valence-corrected chi connectivity index (χ3v) is 5.10. The highest BCUT2D eigenvalue weighted by Gasteiger charge is 2.34. The second kappa shape index (κ2) is 8.34. The largest absolute Gasteiger partial charge is 0.508 e. The van der Waals surface area contributed by atoms with Gasteiger partial charge in [-0.15, -0.1) is 0 Å². The van der Waals surface area contributed by atoms with Crippen LogP contribution < -0.4 is 10.2 Å². The number of benzene rings is 1. The maximum atomic E-state index is 12.5. The number of hydrogen-bond acceptors (Lipinski definition) is 2. The molecule has 0 bridgehead atoms. The first-order valence-corrected chi connectivity index (χ1v) is 8.99. The van der Waals surface area contributed by atoms with Gasteiger partial charge in [0.1, 0.15) is 5.75 Å². The fourth-order valence-electron chi connectivity index (χ4n) is 3.65. The first-order chi connectivity index (χ1) is 11.1. The lowest BCUT2D eigenvalue weighted by molar-refractivity contribution is -0.888. The number of likely N-dealkylation sites (N-methyl/N-ethyl adjacent to an activating group) is 1. The van der Waals surface area contributed by atoms with Crippen molar-refractivity contribution in [2.45, 2.75) is 57.9 Å². The van der Waals surface area contributed by atoms with Gasteiger partial charge in [-0.05, 0) is 50.8 Å². The molecule has 0 aromatic heterocycles. The number of nitrogens with one attached hydrogen (secondary N) is 2. The second-order valence-electron chi connectivity index (χ2n) is 6.87. The Morgan fingerprint density at radius 2 is 1.74 bits per heavy atom. The lowest BCUT2D eigenvalue weighted by atomic mass is 9.77. The van der Waals surface area contributed by atoms with E-state index in [-0.39, 0.29) is 11.4 Å². The zero-order chi connectivity index (χ0) is 16.7. The zero-order valence-corrected chi connectivity index (χ0v) is 14.5. The van der Waals surface area contributed by atoms with Crippen molar-refractivity contribution in [1.82, 2.24) is 5.32 Å². The van der Waals surface area contributed by atoms with Gasteiger partial charge in [0, 0.05) is 5.54 Å². The molecule has 4 nitrogen and oxygen atoms in total. The molecule has 0 spiro atoms. The Hall–Kier alpha value is -1.55. The molecule has 23 heavy (non-hydrogen) atoms. The predicted octanol–water partition coefficient (Wildman–Crippen LogP) is 1.68. The van der Waals surface area contributed by atoms with Crippen LogP contribution in [-0.4, -0.2) is 36.2 Å². The van der Waals surface area contributed by atoms with Gasteiger partial charge in [-0.1, -0.05) is 31.4 Å². The van der Waals surface area contributed by atoms with Crippen LogP contribution in [0, 0.1) is 0 Å². The van der Waals surface area contributed by atoms with Gasteiger partial charge in [-0.2, -0.15) is 0 Å². The number of rotatable bonds is 7. The molecule has 4 heteroatoms. The number of aromatic hydroxyl groups is 1.